The lowest BCUT2D eigenvalue weighted by molar-refractivity contribution is -0.192. The normalized spacial score (nSPS) is 14.2. The number of hydrogen-bond donors (Lipinski definition) is 1. The summed E-state index contributed by atoms with van der Waals surface area (Å²) in [6.45, 7) is 5.01. The average molecular weight is 555 g/mol. The summed E-state index contributed by atoms with van der Waals surface area (Å²) in [6, 6.07) is 24.6. The number of hydrogen-bond acceptors (Lipinski definition) is 8. The standard InChI is InChI=1S/C32H34N4O5/c1-23(37)41-28-15-9-24(10-16-28)22-35-18-20-36(21-19-35)31(38)26-11-13-27(14-12-26)34-32(39-2,40-3)29-8-4-6-25-7-5-17-33-30(25)29/h4-17,34H,18-22H2,1-3H3. The topological polar surface area (TPSA) is 93.2 Å². The van der Waals surface area contributed by atoms with Gasteiger partial charge in [-0.1, -0.05) is 30.3 Å². The molecule has 0 saturated carbocycles. The Hall–Kier alpha value is -4.31. The minimum Gasteiger partial charge on any atom is -0.427 e. The predicted molar refractivity (Wildman–Crippen MR) is 156 cm³/mol. The highest BCUT2D eigenvalue weighted by molar-refractivity contribution is 5.94. The van der Waals surface area contributed by atoms with Crippen LogP contribution in [0.1, 0.15) is 28.4 Å². The molecule has 9 nitrogen and oxygen atoms in total. The van der Waals surface area contributed by atoms with Gasteiger partial charge in [0.1, 0.15) is 5.75 Å². The summed E-state index contributed by atoms with van der Waals surface area (Å²) in [5.41, 5.74) is 4.02. The number of para-hydroxylation sites is 1. The van der Waals surface area contributed by atoms with Crippen LogP contribution in [0.3, 0.4) is 0 Å². The largest absolute Gasteiger partial charge is 0.427 e. The van der Waals surface area contributed by atoms with Crippen LogP contribution in [-0.2, 0) is 26.7 Å². The highest BCUT2D eigenvalue weighted by Gasteiger charge is 2.35. The first-order valence-electron chi connectivity index (χ1n) is 13.5. The molecule has 1 aromatic heterocycles. The number of rotatable bonds is 9. The molecular formula is C32H34N4O5. The lowest BCUT2D eigenvalue weighted by atomic mass is 10.1. The number of nitrogens with zero attached hydrogens (tertiary/aromatic N) is 3. The molecule has 9 heteroatoms. The molecule has 0 unspecified atom stereocenters. The van der Waals surface area contributed by atoms with E-state index in [0.29, 0.717) is 24.4 Å². The number of amides is 1. The van der Waals surface area contributed by atoms with Crippen LogP contribution in [0, 0.1) is 0 Å². The minimum atomic E-state index is -1.27. The van der Waals surface area contributed by atoms with Gasteiger partial charge >= 0.3 is 5.97 Å². The van der Waals surface area contributed by atoms with Crippen LogP contribution < -0.4 is 10.1 Å². The van der Waals surface area contributed by atoms with Gasteiger partial charge in [-0.2, -0.15) is 0 Å². The molecule has 41 heavy (non-hydrogen) atoms. The van der Waals surface area contributed by atoms with Crippen molar-refractivity contribution in [3.8, 4) is 5.75 Å². The molecule has 3 aromatic carbocycles. The second kappa shape index (κ2) is 12.5. The molecule has 0 aliphatic carbocycles. The Bertz CT molecular complexity index is 1490. The second-order valence-electron chi connectivity index (χ2n) is 9.91. The third kappa shape index (κ3) is 6.38. The Morgan fingerprint density at radius 3 is 2.22 bits per heavy atom. The number of nitrogens with one attached hydrogen (secondary N) is 1. The summed E-state index contributed by atoms with van der Waals surface area (Å²) in [5, 5.41) is 4.32. The third-order valence-electron chi connectivity index (χ3n) is 7.25. The molecule has 1 aliphatic rings. The number of carbonyl (C=O) groups is 2. The van der Waals surface area contributed by atoms with Crippen molar-refractivity contribution < 1.29 is 23.8 Å². The summed E-state index contributed by atoms with van der Waals surface area (Å²) in [5.74, 6) is -1.05. The lowest BCUT2D eigenvalue weighted by Gasteiger charge is -2.35. The van der Waals surface area contributed by atoms with Crippen LogP contribution in [0.15, 0.2) is 85.1 Å². The van der Waals surface area contributed by atoms with Crippen LogP contribution >= 0.6 is 0 Å². The Morgan fingerprint density at radius 2 is 1.56 bits per heavy atom. The number of carbonyl (C=O) groups excluding carboxylic acids is 2. The number of pyridine rings is 1. The van der Waals surface area contributed by atoms with E-state index in [1.165, 1.54) is 6.92 Å². The van der Waals surface area contributed by atoms with E-state index < -0.39 is 5.91 Å². The number of benzene rings is 3. The van der Waals surface area contributed by atoms with Crippen molar-refractivity contribution in [3.05, 3.63) is 102 Å². The van der Waals surface area contributed by atoms with Gasteiger partial charge in [0.2, 0.25) is 0 Å². The van der Waals surface area contributed by atoms with Crippen molar-refractivity contribution in [2.24, 2.45) is 0 Å². The number of piperazine rings is 1. The molecule has 5 rings (SSSR count). The second-order valence-corrected chi connectivity index (χ2v) is 9.91. The molecule has 212 valence electrons. The number of anilines is 1. The third-order valence-corrected chi connectivity index (χ3v) is 7.25. The summed E-state index contributed by atoms with van der Waals surface area (Å²) < 4.78 is 16.8. The van der Waals surface area contributed by atoms with Crippen molar-refractivity contribution >= 4 is 28.5 Å². The van der Waals surface area contributed by atoms with Crippen molar-refractivity contribution in [2.45, 2.75) is 19.4 Å². The molecule has 1 amide bonds. The van der Waals surface area contributed by atoms with Crippen molar-refractivity contribution in [1.29, 1.82) is 0 Å². The number of methoxy groups -OCH3 is 2. The highest BCUT2D eigenvalue weighted by Crippen LogP contribution is 2.32. The van der Waals surface area contributed by atoms with E-state index in [9.17, 15) is 9.59 Å². The van der Waals surface area contributed by atoms with Crippen LogP contribution in [0.25, 0.3) is 10.9 Å². The minimum absolute atomic E-state index is 0.00457. The Morgan fingerprint density at radius 1 is 0.878 bits per heavy atom. The summed E-state index contributed by atoms with van der Waals surface area (Å²) in [7, 11) is 3.15. The fourth-order valence-corrected chi connectivity index (χ4v) is 5.11. The zero-order valence-electron chi connectivity index (χ0n) is 23.5. The monoisotopic (exact) mass is 554 g/mol. The Kier molecular flexibility index (Phi) is 8.58. The van der Waals surface area contributed by atoms with E-state index in [2.05, 4.69) is 15.2 Å². The van der Waals surface area contributed by atoms with Gasteiger partial charge in [0.15, 0.2) is 0 Å². The van der Waals surface area contributed by atoms with E-state index in [0.717, 1.165) is 47.4 Å². The van der Waals surface area contributed by atoms with Gasteiger partial charge in [-0.3, -0.25) is 19.5 Å². The van der Waals surface area contributed by atoms with E-state index in [4.69, 9.17) is 14.2 Å². The van der Waals surface area contributed by atoms with E-state index in [1.807, 2.05) is 71.6 Å². The Balaban J connectivity index is 1.20. The van der Waals surface area contributed by atoms with Gasteiger partial charge in [0.05, 0.1) is 11.1 Å². The molecule has 1 fully saturated rings. The fourth-order valence-electron chi connectivity index (χ4n) is 5.11. The molecule has 0 atom stereocenters. The zero-order valence-corrected chi connectivity index (χ0v) is 23.5. The quantitative estimate of drug-likeness (QED) is 0.182. The van der Waals surface area contributed by atoms with E-state index in [-0.39, 0.29) is 11.9 Å². The lowest BCUT2D eigenvalue weighted by Crippen LogP contribution is -2.48. The van der Waals surface area contributed by atoms with Gasteiger partial charge in [0, 0.05) is 76.7 Å². The van der Waals surface area contributed by atoms with Gasteiger partial charge < -0.3 is 24.4 Å². The van der Waals surface area contributed by atoms with Gasteiger partial charge in [-0.25, -0.2) is 0 Å². The zero-order chi connectivity index (χ0) is 28.8. The summed E-state index contributed by atoms with van der Waals surface area (Å²) >= 11 is 0. The van der Waals surface area contributed by atoms with Crippen molar-refractivity contribution in [1.82, 2.24) is 14.8 Å². The molecule has 0 bridgehead atoms. The fraction of sp³-hybridized carbons (Fsp3) is 0.281. The van der Waals surface area contributed by atoms with E-state index >= 15 is 0 Å². The predicted octanol–water partition coefficient (Wildman–Crippen LogP) is 4.63. The molecule has 0 radical (unpaired) electrons. The van der Waals surface area contributed by atoms with Crippen LogP contribution in [0.4, 0.5) is 5.69 Å². The van der Waals surface area contributed by atoms with Crippen molar-refractivity contribution in [3.63, 3.8) is 0 Å². The van der Waals surface area contributed by atoms with Crippen LogP contribution in [-0.4, -0.2) is 67.1 Å². The molecule has 2 heterocycles. The molecule has 1 saturated heterocycles. The first kappa shape index (κ1) is 28.2. The summed E-state index contributed by atoms with van der Waals surface area (Å²) in [4.78, 5) is 33.1. The highest BCUT2D eigenvalue weighted by atomic mass is 16.7. The van der Waals surface area contributed by atoms with Gasteiger partial charge in [-0.05, 0) is 54.1 Å². The summed E-state index contributed by atoms with van der Waals surface area (Å²) in [6.07, 6.45) is 1.74. The SMILES string of the molecule is COC(Nc1ccc(C(=O)N2CCN(Cc3ccc(OC(C)=O)cc3)CC2)cc1)(OC)c1cccc2cccnc12. The first-order chi connectivity index (χ1) is 19.9. The first-order valence-corrected chi connectivity index (χ1v) is 13.5. The number of ether oxygens (including phenoxy) is 3. The number of fused-ring (bicyclic) bond motifs is 1. The average Bonchev–Trinajstić information content (AvgIpc) is 3.01. The Labute approximate surface area is 239 Å². The van der Waals surface area contributed by atoms with Crippen molar-refractivity contribution in [2.75, 3.05) is 45.7 Å². The van der Waals surface area contributed by atoms with Crippen LogP contribution in [0.2, 0.25) is 0 Å². The van der Waals surface area contributed by atoms with Gasteiger partial charge in [-0.15, -0.1) is 0 Å². The number of aromatic nitrogens is 1. The molecular weight excluding hydrogens is 520 g/mol. The van der Waals surface area contributed by atoms with E-state index in [1.54, 1.807) is 32.5 Å². The maximum Gasteiger partial charge on any atom is 0.308 e. The van der Waals surface area contributed by atoms with Gasteiger partial charge in [0.25, 0.3) is 11.8 Å². The molecule has 4 aromatic rings. The number of esters is 1. The maximum atomic E-state index is 13.3. The molecule has 1 aliphatic heterocycles. The maximum absolute atomic E-state index is 13.3. The van der Waals surface area contributed by atoms with Crippen LogP contribution in [0.5, 0.6) is 5.75 Å². The molecule has 1 N–H and O–H groups in total. The molecule has 0 spiro atoms. The smallest absolute Gasteiger partial charge is 0.308 e.